The number of thiophene rings is 2. The number of nitrogens with one attached hydrogen (secondary N) is 2. The zero-order valence-corrected chi connectivity index (χ0v) is 15.6. The van der Waals surface area contributed by atoms with E-state index in [4.69, 9.17) is 0 Å². The van der Waals surface area contributed by atoms with Gasteiger partial charge in [0.05, 0.1) is 13.1 Å². The third-order valence-electron chi connectivity index (χ3n) is 2.73. The monoisotopic (exact) mass is 421 g/mol. The zero-order valence-electron chi connectivity index (χ0n) is 11.7. The van der Waals surface area contributed by atoms with Crippen molar-refractivity contribution in [3.05, 3.63) is 44.3 Å². The number of hydrogen-bond acceptors (Lipinski definition) is 3. The van der Waals surface area contributed by atoms with Crippen LogP contribution in [0, 0.1) is 6.92 Å². The number of halogens is 1. The molecule has 0 spiro atoms. The largest absolute Gasteiger partial charge is 0.357 e. The fourth-order valence-electron chi connectivity index (χ4n) is 1.64. The number of aliphatic imine (C=N–C) groups is 1. The molecule has 0 radical (unpaired) electrons. The van der Waals surface area contributed by atoms with Crippen LogP contribution in [0.2, 0.25) is 0 Å². The van der Waals surface area contributed by atoms with Crippen LogP contribution in [-0.4, -0.2) is 12.5 Å². The lowest BCUT2D eigenvalue weighted by atomic mass is 10.3. The maximum absolute atomic E-state index is 4.59. The van der Waals surface area contributed by atoms with Crippen LogP contribution >= 0.6 is 46.7 Å². The lowest BCUT2D eigenvalue weighted by molar-refractivity contribution is 0.821. The van der Waals surface area contributed by atoms with Gasteiger partial charge in [-0.1, -0.05) is 0 Å². The molecule has 0 atom stereocenters. The van der Waals surface area contributed by atoms with E-state index in [-0.39, 0.29) is 24.0 Å². The second-order valence-electron chi connectivity index (χ2n) is 4.21. The molecule has 0 amide bonds. The van der Waals surface area contributed by atoms with Gasteiger partial charge >= 0.3 is 0 Å². The Morgan fingerprint density at radius 2 is 2.10 bits per heavy atom. The van der Waals surface area contributed by atoms with Gasteiger partial charge in [0.15, 0.2) is 5.96 Å². The van der Waals surface area contributed by atoms with Crippen molar-refractivity contribution in [2.75, 3.05) is 6.54 Å². The summed E-state index contributed by atoms with van der Waals surface area (Å²) in [5.41, 5.74) is 2.60. The topological polar surface area (TPSA) is 36.4 Å². The summed E-state index contributed by atoms with van der Waals surface area (Å²) in [6.07, 6.45) is 0. The van der Waals surface area contributed by atoms with Gasteiger partial charge in [0.25, 0.3) is 0 Å². The Labute approximate surface area is 145 Å². The summed E-state index contributed by atoms with van der Waals surface area (Å²) >= 11 is 3.49. The summed E-state index contributed by atoms with van der Waals surface area (Å²) in [4.78, 5) is 5.95. The van der Waals surface area contributed by atoms with Gasteiger partial charge in [0.1, 0.15) is 0 Å². The highest BCUT2D eigenvalue weighted by molar-refractivity contribution is 14.0. The maximum atomic E-state index is 4.59. The Bertz CT molecular complexity index is 520. The predicted molar refractivity (Wildman–Crippen MR) is 100 cm³/mol. The van der Waals surface area contributed by atoms with Crippen molar-refractivity contribution in [2.24, 2.45) is 4.99 Å². The standard InChI is InChI=1S/C14H19N3S2.HI/c1-3-15-14(16-8-12-5-6-18-10-12)17-9-13-11(2)4-7-19-13;/h4-7,10H,3,8-9H2,1-2H3,(H2,15,16,17);1H. The van der Waals surface area contributed by atoms with Crippen LogP contribution in [0.15, 0.2) is 33.3 Å². The van der Waals surface area contributed by atoms with Crippen molar-refractivity contribution in [1.29, 1.82) is 0 Å². The van der Waals surface area contributed by atoms with E-state index in [0.717, 1.165) is 25.6 Å². The third kappa shape index (κ3) is 5.41. The van der Waals surface area contributed by atoms with Crippen LogP contribution in [0.5, 0.6) is 0 Å². The smallest absolute Gasteiger partial charge is 0.191 e. The average Bonchev–Trinajstić information content (AvgIpc) is 3.04. The molecule has 2 heterocycles. The van der Waals surface area contributed by atoms with Crippen molar-refractivity contribution in [2.45, 2.75) is 26.9 Å². The summed E-state index contributed by atoms with van der Waals surface area (Å²) < 4.78 is 0. The Morgan fingerprint density at radius 1 is 1.25 bits per heavy atom. The molecule has 110 valence electrons. The molecular weight excluding hydrogens is 401 g/mol. The first-order valence-electron chi connectivity index (χ1n) is 6.36. The molecule has 0 saturated heterocycles. The Kier molecular flexibility index (Phi) is 8.16. The first kappa shape index (κ1) is 17.5. The minimum Gasteiger partial charge on any atom is -0.357 e. The van der Waals surface area contributed by atoms with Crippen molar-refractivity contribution in [3.63, 3.8) is 0 Å². The molecule has 0 aliphatic rings. The van der Waals surface area contributed by atoms with Crippen LogP contribution < -0.4 is 10.6 Å². The molecule has 6 heteroatoms. The first-order valence-corrected chi connectivity index (χ1v) is 8.18. The highest BCUT2D eigenvalue weighted by atomic mass is 127. The van der Waals surface area contributed by atoms with Crippen molar-refractivity contribution in [1.82, 2.24) is 10.6 Å². The molecule has 0 aromatic carbocycles. The van der Waals surface area contributed by atoms with E-state index in [2.05, 4.69) is 57.7 Å². The normalized spacial score (nSPS) is 11.0. The summed E-state index contributed by atoms with van der Waals surface area (Å²) in [6.45, 7) is 6.65. The van der Waals surface area contributed by atoms with Crippen molar-refractivity contribution in [3.8, 4) is 0 Å². The molecule has 0 fully saturated rings. The number of hydrogen-bond donors (Lipinski definition) is 2. The zero-order chi connectivity index (χ0) is 13.5. The second kappa shape index (κ2) is 9.36. The van der Waals surface area contributed by atoms with Gasteiger partial charge in [-0.05, 0) is 53.2 Å². The van der Waals surface area contributed by atoms with E-state index in [1.165, 1.54) is 16.0 Å². The van der Waals surface area contributed by atoms with Crippen molar-refractivity contribution < 1.29 is 0 Å². The quantitative estimate of drug-likeness (QED) is 0.435. The van der Waals surface area contributed by atoms with Crippen LogP contribution in [0.3, 0.4) is 0 Å². The van der Waals surface area contributed by atoms with Gasteiger partial charge in [-0.15, -0.1) is 35.3 Å². The van der Waals surface area contributed by atoms with Gasteiger partial charge in [-0.3, -0.25) is 0 Å². The molecule has 0 aliphatic heterocycles. The summed E-state index contributed by atoms with van der Waals surface area (Å²) in [7, 11) is 0. The van der Waals surface area contributed by atoms with E-state index in [0.29, 0.717) is 0 Å². The number of guanidine groups is 1. The lowest BCUT2D eigenvalue weighted by Crippen LogP contribution is -2.36. The summed E-state index contributed by atoms with van der Waals surface area (Å²) in [5.74, 6) is 0.876. The molecule has 0 unspecified atom stereocenters. The molecule has 0 aliphatic carbocycles. The summed E-state index contributed by atoms with van der Waals surface area (Å²) in [5, 5.41) is 13.0. The fourth-order valence-corrected chi connectivity index (χ4v) is 3.15. The summed E-state index contributed by atoms with van der Waals surface area (Å²) in [6, 6.07) is 4.26. The van der Waals surface area contributed by atoms with Crippen LogP contribution in [0.25, 0.3) is 0 Å². The molecule has 0 saturated carbocycles. The van der Waals surface area contributed by atoms with E-state index in [9.17, 15) is 0 Å². The Morgan fingerprint density at radius 3 is 2.70 bits per heavy atom. The predicted octanol–water partition coefficient (Wildman–Crippen LogP) is 3.99. The van der Waals surface area contributed by atoms with Crippen molar-refractivity contribution >= 4 is 52.6 Å². The Balaban J connectivity index is 0.00000200. The second-order valence-corrected chi connectivity index (χ2v) is 5.99. The molecule has 2 N–H and O–H groups in total. The van der Waals surface area contributed by atoms with Crippen LogP contribution in [0.1, 0.15) is 22.9 Å². The molecular formula is C14H20IN3S2. The first-order chi connectivity index (χ1) is 9.29. The van der Waals surface area contributed by atoms with Gasteiger partial charge in [-0.2, -0.15) is 11.3 Å². The van der Waals surface area contributed by atoms with Gasteiger partial charge in [0, 0.05) is 11.4 Å². The fraction of sp³-hybridized carbons (Fsp3) is 0.357. The maximum Gasteiger partial charge on any atom is 0.191 e. The SMILES string of the molecule is CCNC(=NCc1ccsc1)NCc1sccc1C.I. The molecule has 3 nitrogen and oxygen atoms in total. The van der Waals surface area contributed by atoms with Crippen LogP contribution in [0.4, 0.5) is 0 Å². The van der Waals surface area contributed by atoms with E-state index < -0.39 is 0 Å². The molecule has 2 rings (SSSR count). The molecule has 0 bridgehead atoms. The van der Waals surface area contributed by atoms with Crippen LogP contribution in [-0.2, 0) is 13.1 Å². The van der Waals surface area contributed by atoms with Gasteiger partial charge < -0.3 is 10.6 Å². The molecule has 2 aromatic heterocycles. The lowest BCUT2D eigenvalue weighted by Gasteiger charge is -2.10. The van der Waals surface area contributed by atoms with E-state index in [1.807, 2.05) is 0 Å². The van der Waals surface area contributed by atoms with E-state index >= 15 is 0 Å². The minimum atomic E-state index is 0. The van der Waals surface area contributed by atoms with Gasteiger partial charge in [0.2, 0.25) is 0 Å². The average molecular weight is 421 g/mol. The number of nitrogens with zero attached hydrogens (tertiary/aromatic N) is 1. The highest BCUT2D eigenvalue weighted by Crippen LogP contribution is 2.14. The molecule has 2 aromatic rings. The number of rotatable bonds is 5. The Hall–Kier alpha value is -0.600. The van der Waals surface area contributed by atoms with Gasteiger partial charge in [-0.25, -0.2) is 4.99 Å². The minimum absolute atomic E-state index is 0. The third-order valence-corrected chi connectivity index (χ3v) is 4.48. The van der Waals surface area contributed by atoms with E-state index in [1.54, 1.807) is 22.7 Å². The number of aryl methyl sites for hydroxylation is 1. The molecule has 20 heavy (non-hydrogen) atoms. The highest BCUT2D eigenvalue weighted by Gasteiger charge is 2.02.